The van der Waals surface area contributed by atoms with Crippen molar-refractivity contribution in [2.75, 3.05) is 20.3 Å². The quantitative estimate of drug-likeness (QED) is 0.693. The lowest BCUT2D eigenvalue weighted by molar-refractivity contribution is 0.202. The summed E-state index contributed by atoms with van der Waals surface area (Å²) in [4.78, 5) is 5.67. The van der Waals surface area contributed by atoms with E-state index in [1.807, 2.05) is 6.20 Å². The lowest BCUT2D eigenvalue weighted by Gasteiger charge is -1.99. The highest BCUT2D eigenvalue weighted by Gasteiger charge is 2.00. The molecule has 0 unspecified atom stereocenters. The standard InChI is InChI=1S/C11H20N2OS/c1-3-4-6-12-8-10-9-13-11(15-10)5-7-14-2/h9,12H,3-8H2,1-2H3. The van der Waals surface area contributed by atoms with E-state index >= 15 is 0 Å². The third-order valence-electron chi connectivity index (χ3n) is 2.13. The van der Waals surface area contributed by atoms with Gasteiger partial charge in [-0.3, -0.25) is 0 Å². The van der Waals surface area contributed by atoms with Crippen LogP contribution in [-0.2, 0) is 17.7 Å². The first kappa shape index (κ1) is 12.6. The molecule has 3 nitrogen and oxygen atoms in total. The van der Waals surface area contributed by atoms with Crippen LogP contribution >= 0.6 is 11.3 Å². The van der Waals surface area contributed by atoms with Gasteiger partial charge in [0.2, 0.25) is 0 Å². The summed E-state index contributed by atoms with van der Waals surface area (Å²) in [5.74, 6) is 0. The summed E-state index contributed by atoms with van der Waals surface area (Å²) in [7, 11) is 1.72. The van der Waals surface area contributed by atoms with Crippen molar-refractivity contribution in [1.29, 1.82) is 0 Å². The van der Waals surface area contributed by atoms with Crippen LogP contribution in [0, 0.1) is 0 Å². The molecule has 0 aliphatic carbocycles. The smallest absolute Gasteiger partial charge is 0.0951 e. The molecular weight excluding hydrogens is 208 g/mol. The molecule has 0 fully saturated rings. The highest BCUT2D eigenvalue weighted by Crippen LogP contribution is 2.13. The van der Waals surface area contributed by atoms with Gasteiger partial charge in [-0.1, -0.05) is 13.3 Å². The predicted octanol–water partition coefficient (Wildman–Crippen LogP) is 2.22. The van der Waals surface area contributed by atoms with Gasteiger partial charge in [0.05, 0.1) is 11.6 Å². The van der Waals surface area contributed by atoms with E-state index in [2.05, 4.69) is 17.2 Å². The highest BCUT2D eigenvalue weighted by molar-refractivity contribution is 7.11. The molecule has 0 atom stereocenters. The van der Waals surface area contributed by atoms with E-state index in [0.717, 1.165) is 26.1 Å². The third kappa shape index (κ3) is 5.25. The number of nitrogens with zero attached hydrogens (tertiary/aromatic N) is 1. The van der Waals surface area contributed by atoms with E-state index in [1.165, 1.54) is 22.7 Å². The fourth-order valence-corrected chi connectivity index (χ4v) is 2.12. The summed E-state index contributed by atoms with van der Waals surface area (Å²) in [5.41, 5.74) is 0. The van der Waals surface area contributed by atoms with Crippen LogP contribution in [0.4, 0.5) is 0 Å². The zero-order valence-corrected chi connectivity index (χ0v) is 10.4. The van der Waals surface area contributed by atoms with E-state index in [0.29, 0.717) is 0 Å². The zero-order chi connectivity index (χ0) is 10.9. The summed E-state index contributed by atoms with van der Waals surface area (Å²) in [6.45, 7) is 5.01. The third-order valence-corrected chi connectivity index (χ3v) is 3.18. The normalized spacial score (nSPS) is 10.8. The van der Waals surface area contributed by atoms with E-state index in [-0.39, 0.29) is 0 Å². The summed E-state index contributed by atoms with van der Waals surface area (Å²) in [6.07, 6.45) is 5.38. The van der Waals surface area contributed by atoms with E-state index < -0.39 is 0 Å². The first-order valence-electron chi connectivity index (χ1n) is 5.50. The Hall–Kier alpha value is -0.450. The number of methoxy groups -OCH3 is 1. The largest absolute Gasteiger partial charge is 0.384 e. The van der Waals surface area contributed by atoms with Crippen molar-refractivity contribution in [3.63, 3.8) is 0 Å². The van der Waals surface area contributed by atoms with Gasteiger partial charge >= 0.3 is 0 Å². The molecule has 0 spiro atoms. The van der Waals surface area contributed by atoms with E-state index in [9.17, 15) is 0 Å². The molecule has 0 bridgehead atoms. The van der Waals surface area contributed by atoms with E-state index in [1.54, 1.807) is 18.4 Å². The molecule has 0 saturated carbocycles. The zero-order valence-electron chi connectivity index (χ0n) is 9.58. The van der Waals surface area contributed by atoms with Gasteiger partial charge in [-0.25, -0.2) is 4.98 Å². The molecule has 1 aromatic heterocycles. The Labute approximate surface area is 95.9 Å². The Kier molecular flexibility index (Phi) is 6.55. The number of ether oxygens (including phenoxy) is 1. The molecule has 86 valence electrons. The Morgan fingerprint density at radius 3 is 3.13 bits per heavy atom. The van der Waals surface area contributed by atoms with Crippen LogP contribution in [0.2, 0.25) is 0 Å². The molecule has 15 heavy (non-hydrogen) atoms. The topological polar surface area (TPSA) is 34.2 Å². The molecule has 1 rings (SSSR count). The van der Waals surface area contributed by atoms with Crippen LogP contribution in [-0.4, -0.2) is 25.2 Å². The number of unbranched alkanes of at least 4 members (excludes halogenated alkanes) is 1. The van der Waals surface area contributed by atoms with Gasteiger partial charge in [-0.2, -0.15) is 0 Å². The van der Waals surface area contributed by atoms with Crippen LogP contribution in [0.1, 0.15) is 29.7 Å². The molecule has 1 heterocycles. The number of hydrogen-bond donors (Lipinski definition) is 1. The minimum atomic E-state index is 0.760. The van der Waals surface area contributed by atoms with Gasteiger partial charge in [0.15, 0.2) is 0 Å². The van der Waals surface area contributed by atoms with Crippen molar-refractivity contribution in [3.05, 3.63) is 16.1 Å². The average Bonchev–Trinajstić information content (AvgIpc) is 2.69. The van der Waals surface area contributed by atoms with Crippen molar-refractivity contribution < 1.29 is 4.74 Å². The molecule has 0 aliphatic heterocycles. The Morgan fingerprint density at radius 1 is 1.53 bits per heavy atom. The maximum absolute atomic E-state index is 5.02. The fourth-order valence-electron chi connectivity index (χ4n) is 1.25. The van der Waals surface area contributed by atoms with Crippen LogP contribution in [0.15, 0.2) is 6.20 Å². The lowest BCUT2D eigenvalue weighted by Crippen LogP contribution is -2.13. The van der Waals surface area contributed by atoms with Crippen molar-refractivity contribution in [3.8, 4) is 0 Å². The Bertz CT molecular complexity index is 263. The number of aromatic nitrogens is 1. The second-order valence-electron chi connectivity index (χ2n) is 3.49. The summed E-state index contributed by atoms with van der Waals surface area (Å²) < 4.78 is 5.02. The van der Waals surface area contributed by atoms with E-state index in [4.69, 9.17) is 4.74 Å². The molecule has 0 amide bonds. The molecule has 4 heteroatoms. The second-order valence-corrected chi connectivity index (χ2v) is 4.69. The number of rotatable bonds is 8. The van der Waals surface area contributed by atoms with Crippen molar-refractivity contribution in [2.24, 2.45) is 0 Å². The maximum Gasteiger partial charge on any atom is 0.0951 e. The molecule has 0 radical (unpaired) electrons. The van der Waals surface area contributed by atoms with Crippen LogP contribution in [0.25, 0.3) is 0 Å². The van der Waals surface area contributed by atoms with Crippen molar-refractivity contribution in [2.45, 2.75) is 32.7 Å². The van der Waals surface area contributed by atoms with Gasteiger partial charge in [0.1, 0.15) is 0 Å². The van der Waals surface area contributed by atoms with Crippen LogP contribution in [0.3, 0.4) is 0 Å². The Balaban J connectivity index is 2.20. The maximum atomic E-state index is 5.02. The fraction of sp³-hybridized carbons (Fsp3) is 0.727. The summed E-state index contributed by atoms with van der Waals surface area (Å²) in [5, 5.41) is 4.58. The monoisotopic (exact) mass is 228 g/mol. The molecule has 0 saturated heterocycles. The minimum Gasteiger partial charge on any atom is -0.384 e. The SMILES string of the molecule is CCCCNCc1cnc(CCOC)s1. The average molecular weight is 228 g/mol. The second kappa shape index (κ2) is 7.79. The Morgan fingerprint density at radius 2 is 2.40 bits per heavy atom. The number of hydrogen-bond acceptors (Lipinski definition) is 4. The van der Waals surface area contributed by atoms with Gasteiger partial charge in [0.25, 0.3) is 0 Å². The predicted molar refractivity (Wildman–Crippen MR) is 64.3 cm³/mol. The molecule has 1 aromatic rings. The molecule has 0 aromatic carbocycles. The highest BCUT2D eigenvalue weighted by atomic mass is 32.1. The number of thiazole rings is 1. The van der Waals surface area contributed by atoms with Gasteiger partial charge < -0.3 is 10.1 Å². The first-order valence-corrected chi connectivity index (χ1v) is 6.31. The summed E-state index contributed by atoms with van der Waals surface area (Å²) in [6, 6.07) is 0. The van der Waals surface area contributed by atoms with Crippen LogP contribution in [0.5, 0.6) is 0 Å². The van der Waals surface area contributed by atoms with Crippen molar-refractivity contribution >= 4 is 11.3 Å². The first-order chi connectivity index (χ1) is 7.36. The van der Waals surface area contributed by atoms with Gasteiger partial charge in [-0.15, -0.1) is 11.3 Å². The summed E-state index contributed by atoms with van der Waals surface area (Å²) >= 11 is 1.78. The van der Waals surface area contributed by atoms with Gasteiger partial charge in [0, 0.05) is 31.1 Å². The molecule has 0 aliphatic rings. The molecule has 1 N–H and O–H groups in total. The molecular formula is C11H20N2OS. The minimum absolute atomic E-state index is 0.760. The van der Waals surface area contributed by atoms with Crippen LogP contribution < -0.4 is 5.32 Å². The lowest BCUT2D eigenvalue weighted by atomic mass is 10.3. The van der Waals surface area contributed by atoms with Gasteiger partial charge in [-0.05, 0) is 13.0 Å². The number of nitrogens with one attached hydrogen (secondary N) is 1. The van der Waals surface area contributed by atoms with Crippen molar-refractivity contribution in [1.82, 2.24) is 10.3 Å².